The largest absolute Gasteiger partial charge is 0.493 e. The predicted molar refractivity (Wildman–Crippen MR) is 136 cm³/mol. The molecule has 0 spiro atoms. The van der Waals surface area contributed by atoms with Crippen molar-refractivity contribution in [1.82, 2.24) is 14.8 Å². The molecule has 1 aromatic heterocycles. The molecule has 0 aliphatic heterocycles. The van der Waals surface area contributed by atoms with Crippen LogP contribution in [0.1, 0.15) is 49.3 Å². The average molecular weight is 481 g/mol. The van der Waals surface area contributed by atoms with E-state index in [1.54, 1.807) is 14.2 Å². The Hall–Kier alpha value is -3.00. The molecule has 2 aromatic carbocycles. The quantitative estimate of drug-likeness (QED) is 0.410. The standard InChI is InChI=1S/C26H32N4O3S/c1-17-9-8-10-18(2)24(17)27-23(31)16-34-26-29-28-25(30(26)20-11-6-5-7-12-20)19-13-14-21(32-3)22(15-19)33-4/h8-10,13-15,20H,5-7,11-12,16H2,1-4H3,(H,27,31). The van der Waals surface area contributed by atoms with Crippen molar-refractivity contribution in [1.29, 1.82) is 0 Å². The summed E-state index contributed by atoms with van der Waals surface area (Å²) < 4.78 is 13.1. The molecule has 1 heterocycles. The van der Waals surface area contributed by atoms with Crippen LogP contribution in [0.2, 0.25) is 0 Å². The van der Waals surface area contributed by atoms with Gasteiger partial charge in [0, 0.05) is 17.3 Å². The van der Waals surface area contributed by atoms with Gasteiger partial charge in [-0.2, -0.15) is 0 Å². The number of aryl methyl sites for hydroxylation is 2. The Balaban J connectivity index is 1.59. The first-order valence-electron chi connectivity index (χ1n) is 11.7. The Labute approximate surface area is 205 Å². The molecule has 180 valence electrons. The van der Waals surface area contributed by atoms with Gasteiger partial charge in [0.2, 0.25) is 5.91 Å². The van der Waals surface area contributed by atoms with Crippen molar-refractivity contribution < 1.29 is 14.3 Å². The molecule has 0 bridgehead atoms. The van der Waals surface area contributed by atoms with Crippen LogP contribution in [0.3, 0.4) is 0 Å². The summed E-state index contributed by atoms with van der Waals surface area (Å²) in [7, 11) is 3.25. The van der Waals surface area contributed by atoms with Crippen LogP contribution < -0.4 is 14.8 Å². The molecule has 1 amide bonds. The maximum atomic E-state index is 12.8. The molecular weight excluding hydrogens is 448 g/mol. The van der Waals surface area contributed by atoms with Crippen LogP contribution in [-0.2, 0) is 4.79 Å². The van der Waals surface area contributed by atoms with E-state index in [1.807, 2.05) is 50.2 Å². The Morgan fingerprint density at radius 2 is 1.74 bits per heavy atom. The second-order valence-corrected chi connectivity index (χ2v) is 9.58. The number of anilines is 1. The lowest BCUT2D eigenvalue weighted by Gasteiger charge is -2.25. The fraction of sp³-hybridized carbons (Fsp3) is 0.423. The number of thioether (sulfide) groups is 1. The van der Waals surface area contributed by atoms with E-state index in [1.165, 1.54) is 31.0 Å². The van der Waals surface area contributed by atoms with E-state index in [-0.39, 0.29) is 11.7 Å². The molecule has 1 aliphatic rings. The van der Waals surface area contributed by atoms with Crippen LogP contribution >= 0.6 is 11.8 Å². The summed E-state index contributed by atoms with van der Waals surface area (Å²) in [6.45, 7) is 4.01. The van der Waals surface area contributed by atoms with E-state index < -0.39 is 0 Å². The Morgan fingerprint density at radius 3 is 2.41 bits per heavy atom. The van der Waals surface area contributed by atoms with Gasteiger partial charge in [0.1, 0.15) is 0 Å². The van der Waals surface area contributed by atoms with Gasteiger partial charge in [0.15, 0.2) is 22.5 Å². The van der Waals surface area contributed by atoms with Crippen molar-refractivity contribution in [2.24, 2.45) is 0 Å². The molecule has 1 aliphatic carbocycles. The molecule has 0 atom stereocenters. The van der Waals surface area contributed by atoms with Crippen LogP contribution in [0, 0.1) is 13.8 Å². The zero-order valence-corrected chi connectivity index (χ0v) is 21.1. The topological polar surface area (TPSA) is 78.3 Å². The van der Waals surface area contributed by atoms with Gasteiger partial charge in [-0.3, -0.25) is 9.36 Å². The van der Waals surface area contributed by atoms with Gasteiger partial charge in [-0.05, 0) is 56.0 Å². The number of amides is 1. The number of nitrogens with one attached hydrogen (secondary N) is 1. The molecule has 0 unspecified atom stereocenters. The summed E-state index contributed by atoms with van der Waals surface area (Å²) in [5.74, 6) is 2.34. The van der Waals surface area contributed by atoms with Gasteiger partial charge in [-0.1, -0.05) is 49.2 Å². The fourth-order valence-corrected chi connectivity index (χ4v) is 5.34. The molecular formula is C26H32N4O3S. The van der Waals surface area contributed by atoms with Crippen molar-refractivity contribution >= 4 is 23.4 Å². The highest BCUT2D eigenvalue weighted by molar-refractivity contribution is 7.99. The van der Waals surface area contributed by atoms with E-state index in [0.29, 0.717) is 17.5 Å². The minimum absolute atomic E-state index is 0.0479. The van der Waals surface area contributed by atoms with E-state index in [2.05, 4.69) is 20.1 Å². The molecule has 8 heteroatoms. The number of carbonyl (C=O) groups is 1. The number of carbonyl (C=O) groups excluding carboxylic acids is 1. The number of hydrogen-bond donors (Lipinski definition) is 1. The summed E-state index contributed by atoms with van der Waals surface area (Å²) in [5, 5.41) is 12.9. The first-order valence-corrected chi connectivity index (χ1v) is 12.7. The predicted octanol–water partition coefficient (Wildman–Crippen LogP) is 5.82. The van der Waals surface area contributed by atoms with E-state index >= 15 is 0 Å². The third-order valence-electron chi connectivity index (χ3n) is 6.32. The molecule has 7 nitrogen and oxygen atoms in total. The molecule has 1 N–H and O–H groups in total. The number of rotatable bonds is 8. The van der Waals surface area contributed by atoms with Gasteiger partial charge in [0.05, 0.1) is 20.0 Å². The SMILES string of the molecule is COc1ccc(-c2nnc(SCC(=O)Nc3c(C)cccc3C)n2C2CCCCC2)cc1OC. The van der Waals surface area contributed by atoms with Crippen LogP contribution in [0.4, 0.5) is 5.69 Å². The first kappa shape index (κ1) is 24.1. The Bertz CT molecular complexity index is 1130. The molecule has 1 saturated carbocycles. The van der Waals surface area contributed by atoms with Crippen LogP contribution in [0.25, 0.3) is 11.4 Å². The van der Waals surface area contributed by atoms with Gasteiger partial charge in [-0.15, -0.1) is 10.2 Å². The highest BCUT2D eigenvalue weighted by Crippen LogP contribution is 2.38. The third kappa shape index (κ3) is 5.22. The zero-order valence-electron chi connectivity index (χ0n) is 20.3. The maximum Gasteiger partial charge on any atom is 0.234 e. The average Bonchev–Trinajstić information content (AvgIpc) is 3.29. The second kappa shape index (κ2) is 11.0. The smallest absolute Gasteiger partial charge is 0.234 e. The minimum Gasteiger partial charge on any atom is -0.493 e. The summed E-state index contributed by atoms with van der Waals surface area (Å²) in [6.07, 6.45) is 5.79. The number of nitrogens with zero attached hydrogens (tertiary/aromatic N) is 3. The van der Waals surface area contributed by atoms with Gasteiger partial charge in [-0.25, -0.2) is 0 Å². The number of para-hydroxylation sites is 1. The van der Waals surface area contributed by atoms with Crippen LogP contribution in [0.5, 0.6) is 11.5 Å². The third-order valence-corrected chi connectivity index (χ3v) is 7.27. The Kier molecular flexibility index (Phi) is 7.77. The maximum absolute atomic E-state index is 12.8. The normalized spacial score (nSPS) is 14.1. The summed E-state index contributed by atoms with van der Waals surface area (Å²) >= 11 is 1.43. The molecule has 3 aromatic rings. The minimum atomic E-state index is -0.0479. The van der Waals surface area contributed by atoms with Gasteiger partial charge < -0.3 is 14.8 Å². The lowest BCUT2D eigenvalue weighted by atomic mass is 9.95. The molecule has 0 saturated heterocycles. The van der Waals surface area contributed by atoms with Crippen molar-refractivity contribution in [3.63, 3.8) is 0 Å². The summed E-state index contributed by atoms with van der Waals surface area (Å²) in [5.41, 5.74) is 3.91. The lowest BCUT2D eigenvalue weighted by molar-refractivity contribution is -0.113. The van der Waals surface area contributed by atoms with Crippen molar-refractivity contribution in [2.75, 3.05) is 25.3 Å². The lowest BCUT2D eigenvalue weighted by Crippen LogP contribution is -2.18. The fourth-order valence-electron chi connectivity index (χ4n) is 4.53. The number of aromatic nitrogens is 3. The zero-order chi connectivity index (χ0) is 24.1. The molecule has 0 radical (unpaired) electrons. The van der Waals surface area contributed by atoms with E-state index in [9.17, 15) is 4.79 Å². The van der Waals surface area contributed by atoms with E-state index in [0.717, 1.165) is 46.2 Å². The van der Waals surface area contributed by atoms with Crippen molar-refractivity contribution in [3.05, 3.63) is 47.5 Å². The van der Waals surface area contributed by atoms with Crippen LogP contribution in [0.15, 0.2) is 41.6 Å². The summed E-state index contributed by atoms with van der Waals surface area (Å²) in [4.78, 5) is 12.8. The second-order valence-electron chi connectivity index (χ2n) is 8.64. The summed E-state index contributed by atoms with van der Waals surface area (Å²) in [6, 6.07) is 12.1. The molecule has 4 rings (SSSR count). The Morgan fingerprint density at radius 1 is 1.03 bits per heavy atom. The monoisotopic (exact) mass is 480 g/mol. The van der Waals surface area contributed by atoms with Crippen molar-refractivity contribution in [2.45, 2.75) is 57.1 Å². The van der Waals surface area contributed by atoms with Crippen LogP contribution in [-0.4, -0.2) is 40.6 Å². The van der Waals surface area contributed by atoms with Crippen molar-refractivity contribution in [3.8, 4) is 22.9 Å². The number of methoxy groups -OCH3 is 2. The number of hydrogen-bond acceptors (Lipinski definition) is 6. The van der Waals surface area contributed by atoms with Gasteiger partial charge >= 0.3 is 0 Å². The number of ether oxygens (including phenoxy) is 2. The molecule has 1 fully saturated rings. The highest BCUT2D eigenvalue weighted by atomic mass is 32.2. The molecule has 34 heavy (non-hydrogen) atoms. The first-order chi connectivity index (χ1) is 16.5. The van der Waals surface area contributed by atoms with Gasteiger partial charge in [0.25, 0.3) is 0 Å². The highest BCUT2D eigenvalue weighted by Gasteiger charge is 2.25. The van der Waals surface area contributed by atoms with E-state index in [4.69, 9.17) is 9.47 Å². The number of benzene rings is 2.